The molecule has 3 heteroatoms. The molecule has 0 aromatic heterocycles. The molecule has 1 heterocycles. The van der Waals surface area contributed by atoms with E-state index in [0.717, 1.165) is 17.1 Å². The second-order valence-electron chi connectivity index (χ2n) is 15.0. The highest BCUT2D eigenvalue weighted by Gasteiger charge is 2.38. The highest BCUT2D eigenvalue weighted by atomic mass is 28.3. The van der Waals surface area contributed by atoms with E-state index in [1.165, 1.54) is 71.2 Å². The van der Waals surface area contributed by atoms with Gasteiger partial charge < -0.3 is 9.80 Å². The van der Waals surface area contributed by atoms with Crippen molar-refractivity contribution in [1.29, 1.82) is 0 Å². The molecule has 0 amide bonds. The van der Waals surface area contributed by atoms with Gasteiger partial charge in [0.1, 0.15) is 8.07 Å². The van der Waals surface area contributed by atoms with Gasteiger partial charge in [-0.3, -0.25) is 0 Å². The van der Waals surface area contributed by atoms with Crippen LogP contribution >= 0.6 is 0 Å². The van der Waals surface area contributed by atoms with Gasteiger partial charge in [0.2, 0.25) is 0 Å². The highest BCUT2D eigenvalue weighted by Crippen LogP contribution is 2.44. The lowest BCUT2D eigenvalue weighted by Gasteiger charge is -2.41. The Morgan fingerprint density at radius 1 is 0.382 bits per heavy atom. The molecule has 0 unspecified atom stereocenters. The van der Waals surface area contributed by atoms with Crippen molar-refractivity contribution in [3.8, 4) is 22.3 Å². The molecule has 55 heavy (non-hydrogen) atoms. The maximum atomic E-state index is 2.47. The molecule has 0 spiro atoms. The predicted octanol–water partition coefficient (Wildman–Crippen LogP) is 13.4. The summed E-state index contributed by atoms with van der Waals surface area (Å²) in [7, 11) is -1.86. The average molecular weight is 721 g/mol. The van der Waals surface area contributed by atoms with Gasteiger partial charge in [0.05, 0.1) is 5.69 Å². The van der Waals surface area contributed by atoms with Gasteiger partial charge in [0.25, 0.3) is 0 Å². The molecule has 0 saturated carbocycles. The number of rotatable bonds is 6. The van der Waals surface area contributed by atoms with E-state index in [0.29, 0.717) is 0 Å². The van der Waals surface area contributed by atoms with Crippen LogP contribution in [0.1, 0.15) is 0 Å². The third-order valence-corrected chi connectivity index (χ3v) is 15.0. The first-order chi connectivity index (χ1) is 27.0. The molecule has 0 fully saturated rings. The summed E-state index contributed by atoms with van der Waals surface area (Å²) in [6.07, 6.45) is 0. The summed E-state index contributed by atoms with van der Waals surface area (Å²) in [5.41, 5.74) is 11.9. The SMILES string of the molecule is C[Si]1(C)c2ccccc2N(c2cccc(-c3ccc(N(c4ccc(-c5ccccc5)cc4)c4cc5ccccc5c5ccccc45)cc3)c2)c2ccccc21. The number of hydrogen-bond acceptors (Lipinski definition) is 2. The zero-order valence-corrected chi connectivity index (χ0v) is 32.0. The number of nitrogens with zero attached hydrogens (tertiary/aromatic N) is 2. The molecular weight excluding hydrogens is 681 g/mol. The van der Waals surface area contributed by atoms with Crippen molar-refractivity contribution < 1.29 is 0 Å². The number of benzene rings is 9. The molecule has 0 N–H and O–H groups in total. The fourth-order valence-corrected chi connectivity index (χ4v) is 11.6. The molecule has 0 radical (unpaired) electrons. The summed E-state index contributed by atoms with van der Waals surface area (Å²) < 4.78 is 0. The Morgan fingerprint density at radius 3 is 1.53 bits per heavy atom. The molecule has 2 nitrogen and oxygen atoms in total. The first-order valence-corrected chi connectivity index (χ1v) is 22.1. The molecule has 0 atom stereocenters. The van der Waals surface area contributed by atoms with E-state index in [2.05, 4.69) is 229 Å². The molecule has 262 valence electrons. The van der Waals surface area contributed by atoms with Gasteiger partial charge in [-0.15, -0.1) is 0 Å². The van der Waals surface area contributed by atoms with E-state index in [-0.39, 0.29) is 0 Å². The van der Waals surface area contributed by atoms with Crippen LogP contribution < -0.4 is 20.2 Å². The average Bonchev–Trinajstić information content (AvgIpc) is 3.25. The van der Waals surface area contributed by atoms with Crippen molar-refractivity contribution in [3.63, 3.8) is 0 Å². The van der Waals surface area contributed by atoms with Crippen LogP contribution in [0.4, 0.5) is 34.1 Å². The van der Waals surface area contributed by atoms with E-state index in [4.69, 9.17) is 0 Å². The van der Waals surface area contributed by atoms with Crippen LogP contribution in [0.25, 0.3) is 43.8 Å². The third kappa shape index (κ3) is 5.64. The minimum absolute atomic E-state index is 1.11. The van der Waals surface area contributed by atoms with Gasteiger partial charge in [0.15, 0.2) is 0 Å². The summed E-state index contributed by atoms with van der Waals surface area (Å²) in [5, 5.41) is 7.91. The monoisotopic (exact) mass is 720 g/mol. The van der Waals surface area contributed by atoms with Gasteiger partial charge in [-0.2, -0.15) is 0 Å². The lowest BCUT2D eigenvalue weighted by molar-refractivity contribution is 1.28. The first kappa shape index (κ1) is 32.9. The maximum absolute atomic E-state index is 2.47. The van der Waals surface area contributed by atoms with E-state index in [1.54, 1.807) is 0 Å². The zero-order chi connectivity index (χ0) is 36.9. The molecule has 1 aliphatic rings. The summed E-state index contributed by atoms with van der Waals surface area (Å²) in [4.78, 5) is 4.88. The minimum atomic E-state index is -1.86. The minimum Gasteiger partial charge on any atom is -0.311 e. The summed E-state index contributed by atoms with van der Waals surface area (Å²) in [6.45, 7) is 4.95. The van der Waals surface area contributed by atoms with Crippen molar-refractivity contribution >= 4 is 74.1 Å². The smallest absolute Gasteiger partial charge is 0.117 e. The number of anilines is 6. The van der Waals surface area contributed by atoms with Crippen LogP contribution in [0.2, 0.25) is 13.1 Å². The van der Waals surface area contributed by atoms with Gasteiger partial charge in [0, 0.05) is 33.8 Å². The van der Waals surface area contributed by atoms with Crippen molar-refractivity contribution in [2.45, 2.75) is 13.1 Å². The topological polar surface area (TPSA) is 6.48 Å². The Morgan fingerprint density at radius 2 is 0.873 bits per heavy atom. The molecule has 1 aliphatic heterocycles. The summed E-state index contributed by atoms with van der Waals surface area (Å²) in [6, 6.07) is 75.6. The molecule has 10 rings (SSSR count). The quantitative estimate of drug-likeness (QED) is 0.125. The molecule has 9 aromatic carbocycles. The Hall–Kier alpha value is -6.68. The second-order valence-corrected chi connectivity index (χ2v) is 19.3. The van der Waals surface area contributed by atoms with Crippen LogP contribution in [0, 0.1) is 0 Å². The summed E-state index contributed by atoms with van der Waals surface area (Å²) in [5.74, 6) is 0. The van der Waals surface area contributed by atoms with Crippen LogP contribution in [-0.4, -0.2) is 8.07 Å². The maximum Gasteiger partial charge on any atom is 0.117 e. The van der Waals surface area contributed by atoms with Crippen LogP contribution in [-0.2, 0) is 0 Å². The van der Waals surface area contributed by atoms with Crippen LogP contribution in [0.3, 0.4) is 0 Å². The molecule has 0 saturated heterocycles. The standard InChI is InChI=1S/C52H40N2Si/c1-55(2)51-25-12-10-23-48(51)54(49-24-11-13-26-52(49)55)44-19-14-18-40(35-44)39-29-33-43(34-30-39)53(42-31-27-38(28-32-42)37-15-4-3-5-16-37)50-36-41-17-6-7-20-45(41)46-21-8-9-22-47(46)50/h3-36H,1-2H3. The number of para-hydroxylation sites is 2. The van der Waals surface area contributed by atoms with Gasteiger partial charge in [-0.1, -0.05) is 165 Å². The first-order valence-electron chi connectivity index (χ1n) is 19.1. The largest absolute Gasteiger partial charge is 0.311 e. The Bertz CT molecular complexity index is 2790. The highest BCUT2D eigenvalue weighted by molar-refractivity contribution is 7.02. The normalized spacial score (nSPS) is 13.0. The third-order valence-electron chi connectivity index (χ3n) is 11.4. The van der Waals surface area contributed by atoms with E-state index in [9.17, 15) is 0 Å². The summed E-state index contributed by atoms with van der Waals surface area (Å²) >= 11 is 0. The predicted molar refractivity (Wildman–Crippen MR) is 238 cm³/mol. The Labute approximate surface area is 324 Å². The number of hydrogen-bond donors (Lipinski definition) is 0. The van der Waals surface area contributed by atoms with Crippen LogP contribution in [0.5, 0.6) is 0 Å². The van der Waals surface area contributed by atoms with Gasteiger partial charge in [-0.25, -0.2) is 0 Å². The van der Waals surface area contributed by atoms with E-state index in [1.807, 2.05) is 0 Å². The van der Waals surface area contributed by atoms with Crippen molar-refractivity contribution in [2.75, 3.05) is 9.80 Å². The molecule has 0 bridgehead atoms. The van der Waals surface area contributed by atoms with Crippen molar-refractivity contribution in [3.05, 3.63) is 206 Å². The second kappa shape index (κ2) is 13.3. The molecular formula is C52H40N2Si. The number of fused-ring (bicyclic) bond motifs is 5. The Balaban J connectivity index is 1.08. The van der Waals surface area contributed by atoms with E-state index >= 15 is 0 Å². The van der Waals surface area contributed by atoms with Crippen molar-refractivity contribution in [1.82, 2.24) is 0 Å². The lowest BCUT2D eigenvalue weighted by Crippen LogP contribution is -2.58. The molecule has 0 aliphatic carbocycles. The lowest BCUT2D eigenvalue weighted by atomic mass is 9.98. The van der Waals surface area contributed by atoms with E-state index < -0.39 is 8.07 Å². The van der Waals surface area contributed by atoms with Gasteiger partial charge in [-0.05, 0) is 103 Å². The van der Waals surface area contributed by atoms with Gasteiger partial charge >= 0.3 is 0 Å². The Kier molecular flexibility index (Phi) is 7.97. The zero-order valence-electron chi connectivity index (χ0n) is 31.0. The van der Waals surface area contributed by atoms with Crippen LogP contribution in [0.15, 0.2) is 206 Å². The van der Waals surface area contributed by atoms with Crippen molar-refractivity contribution in [2.24, 2.45) is 0 Å². The fourth-order valence-electron chi connectivity index (χ4n) is 8.66. The molecule has 9 aromatic rings. The fraction of sp³-hybridized carbons (Fsp3) is 0.0385.